The molecule has 7 nitrogen and oxygen atoms in total. The highest BCUT2D eigenvalue weighted by molar-refractivity contribution is 5.84. The van der Waals surface area contributed by atoms with Crippen molar-refractivity contribution >= 4 is 11.7 Å². The highest BCUT2D eigenvalue weighted by atomic mass is 17.3. The van der Waals surface area contributed by atoms with Crippen LogP contribution in [0.2, 0.25) is 0 Å². The van der Waals surface area contributed by atoms with Gasteiger partial charge in [0.1, 0.15) is 0 Å². The molecule has 0 aromatic carbocycles. The van der Waals surface area contributed by atoms with Gasteiger partial charge in [0, 0.05) is 18.8 Å². The van der Waals surface area contributed by atoms with Crippen LogP contribution in [0.1, 0.15) is 58.8 Å². The number of hydrogen-bond donors (Lipinski definition) is 1. The van der Waals surface area contributed by atoms with Crippen LogP contribution in [0, 0.1) is 5.92 Å². The van der Waals surface area contributed by atoms with E-state index in [1.54, 1.807) is 0 Å². The molecular formula is C17H25NO6. The maximum Gasteiger partial charge on any atom is 0.344 e. The molecule has 2 atom stereocenters. The first kappa shape index (κ1) is 17.4. The predicted octanol–water partition coefficient (Wildman–Crippen LogP) is 3.15. The molecule has 2 unspecified atom stereocenters. The topological polar surface area (TPSA) is 86.6 Å². The zero-order valence-corrected chi connectivity index (χ0v) is 14.2. The van der Waals surface area contributed by atoms with Gasteiger partial charge in [0.05, 0.1) is 5.71 Å². The Morgan fingerprint density at radius 2 is 2.17 bits per heavy atom. The van der Waals surface area contributed by atoms with Crippen LogP contribution < -0.4 is 0 Å². The van der Waals surface area contributed by atoms with Gasteiger partial charge in [0.25, 0.3) is 0 Å². The predicted molar refractivity (Wildman–Crippen MR) is 85.0 cm³/mol. The molecule has 1 aliphatic heterocycles. The molecule has 2 fully saturated rings. The Morgan fingerprint density at radius 3 is 2.83 bits per heavy atom. The molecule has 1 saturated carbocycles. The summed E-state index contributed by atoms with van der Waals surface area (Å²) in [5, 5.41) is 12.4. The average Bonchev–Trinajstić information content (AvgIpc) is 3.03. The fourth-order valence-electron chi connectivity index (χ4n) is 3.59. The molecule has 0 bridgehead atoms. The molecule has 24 heavy (non-hydrogen) atoms. The van der Waals surface area contributed by atoms with E-state index in [9.17, 15) is 4.79 Å². The van der Waals surface area contributed by atoms with Crippen LogP contribution >= 0.6 is 0 Å². The number of ether oxygens (including phenoxy) is 1. The smallest absolute Gasteiger partial charge is 0.344 e. The van der Waals surface area contributed by atoms with Gasteiger partial charge in [-0.25, -0.2) is 4.79 Å². The van der Waals surface area contributed by atoms with E-state index in [-0.39, 0.29) is 5.92 Å². The Morgan fingerprint density at radius 1 is 1.42 bits per heavy atom. The summed E-state index contributed by atoms with van der Waals surface area (Å²) < 4.78 is 6.31. The van der Waals surface area contributed by atoms with E-state index in [0.29, 0.717) is 25.7 Å². The lowest BCUT2D eigenvalue weighted by atomic mass is 9.92. The Hall–Kier alpha value is -1.44. The molecule has 1 heterocycles. The van der Waals surface area contributed by atoms with Crippen molar-refractivity contribution < 1.29 is 29.3 Å². The van der Waals surface area contributed by atoms with Crippen LogP contribution in [0.15, 0.2) is 16.8 Å². The third kappa shape index (κ3) is 3.48. The van der Waals surface area contributed by atoms with Crippen molar-refractivity contribution in [3.05, 3.63) is 11.6 Å². The fraction of sp³-hybridized carbons (Fsp3) is 0.765. The lowest BCUT2D eigenvalue weighted by molar-refractivity contribution is -0.349. The molecule has 3 rings (SSSR count). The number of carboxylic acid groups (broad SMARTS) is 1. The summed E-state index contributed by atoms with van der Waals surface area (Å²) in [6.45, 7) is 3.87. The molecule has 2 aliphatic carbocycles. The average molecular weight is 339 g/mol. The minimum Gasteiger partial charge on any atom is -0.479 e. The number of carbonyl (C=O) groups is 1. The molecule has 3 aliphatic rings. The summed E-state index contributed by atoms with van der Waals surface area (Å²) in [6.07, 6.45) is 7.75. The first-order valence-electron chi connectivity index (χ1n) is 8.64. The van der Waals surface area contributed by atoms with Gasteiger partial charge in [-0.2, -0.15) is 9.78 Å². The van der Waals surface area contributed by atoms with Gasteiger partial charge >= 0.3 is 5.97 Å². The van der Waals surface area contributed by atoms with E-state index < -0.39 is 24.2 Å². The summed E-state index contributed by atoms with van der Waals surface area (Å²) in [5.41, 5.74) is 2.20. The molecule has 0 aromatic rings. The van der Waals surface area contributed by atoms with Gasteiger partial charge in [-0.15, -0.1) is 0 Å². The molecule has 1 saturated heterocycles. The standard InChI is InChI=1S/C17H25NO6/c1-3-4-13-9-12(2)17(10-13)22-16(23-24-17)7-5-14(6-8-16)18-21-11-15(19)20/h10,12H,3-9,11H2,1-2H3,(H,19,20). The van der Waals surface area contributed by atoms with Crippen LogP contribution in [0.3, 0.4) is 0 Å². The van der Waals surface area contributed by atoms with Crippen molar-refractivity contribution in [2.75, 3.05) is 6.61 Å². The Bertz CT molecular complexity index is 547. The highest BCUT2D eigenvalue weighted by Crippen LogP contribution is 2.50. The summed E-state index contributed by atoms with van der Waals surface area (Å²) in [7, 11) is 0. The first-order valence-corrected chi connectivity index (χ1v) is 8.64. The first-order chi connectivity index (χ1) is 11.5. The molecule has 7 heteroatoms. The lowest BCUT2D eigenvalue weighted by Crippen LogP contribution is -2.40. The molecule has 0 radical (unpaired) electrons. The zero-order chi connectivity index (χ0) is 17.2. The summed E-state index contributed by atoms with van der Waals surface area (Å²) in [5.74, 6) is -2.31. The number of nitrogens with zero attached hydrogens (tertiary/aromatic N) is 1. The van der Waals surface area contributed by atoms with Gasteiger partial charge in [-0.3, -0.25) is 0 Å². The second-order valence-corrected chi connectivity index (χ2v) is 6.88. The Balaban J connectivity index is 1.59. The van der Waals surface area contributed by atoms with Gasteiger partial charge in [0.2, 0.25) is 18.2 Å². The molecule has 0 amide bonds. The normalized spacial score (nSPS) is 35.5. The van der Waals surface area contributed by atoms with E-state index in [2.05, 4.69) is 25.1 Å². The van der Waals surface area contributed by atoms with Crippen molar-refractivity contribution in [1.82, 2.24) is 0 Å². The fourth-order valence-corrected chi connectivity index (χ4v) is 3.59. The SMILES string of the molecule is CCCC1=CC2(OOC3(CCC(=NOCC(=O)O)CC3)O2)C(C)C1. The number of rotatable bonds is 5. The van der Waals surface area contributed by atoms with E-state index >= 15 is 0 Å². The molecular weight excluding hydrogens is 314 g/mol. The molecule has 0 aromatic heterocycles. The summed E-state index contributed by atoms with van der Waals surface area (Å²) in [4.78, 5) is 26.6. The van der Waals surface area contributed by atoms with Crippen LogP contribution in [0.4, 0.5) is 0 Å². The monoisotopic (exact) mass is 339 g/mol. The third-order valence-corrected chi connectivity index (χ3v) is 4.87. The minimum absolute atomic E-state index is 0.229. The van der Waals surface area contributed by atoms with Crippen molar-refractivity contribution in [2.24, 2.45) is 11.1 Å². The van der Waals surface area contributed by atoms with Crippen molar-refractivity contribution in [3.8, 4) is 0 Å². The second kappa shape index (κ2) is 6.82. The van der Waals surface area contributed by atoms with E-state index in [0.717, 1.165) is 25.0 Å². The number of allylic oxidation sites excluding steroid dienone is 1. The van der Waals surface area contributed by atoms with Gasteiger partial charge < -0.3 is 14.7 Å². The summed E-state index contributed by atoms with van der Waals surface area (Å²) in [6, 6.07) is 0. The second-order valence-electron chi connectivity index (χ2n) is 6.88. The van der Waals surface area contributed by atoms with E-state index in [4.69, 9.17) is 24.5 Å². The van der Waals surface area contributed by atoms with Crippen LogP contribution in [0.25, 0.3) is 0 Å². The van der Waals surface area contributed by atoms with Gasteiger partial charge in [0.15, 0.2) is 0 Å². The van der Waals surface area contributed by atoms with Gasteiger partial charge in [-0.1, -0.05) is 31.0 Å². The third-order valence-electron chi connectivity index (χ3n) is 4.87. The van der Waals surface area contributed by atoms with Crippen LogP contribution in [0.5, 0.6) is 0 Å². The number of aliphatic carboxylic acids is 1. The minimum atomic E-state index is -1.03. The van der Waals surface area contributed by atoms with Crippen molar-refractivity contribution in [3.63, 3.8) is 0 Å². The zero-order valence-electron chi connectivity index (χ0n) is 14.2. The molecule has 2 spiro atoms. The Labute approximate surface area is 141 Å². The lowest BCUT2D eigenvalue weighted by Gasteiger charge is -2.31. The quantitative estimate of drug-likeness (QED) is 0.470. The van der Waals surface area contributed by atoms with Crippen molar-refractivity contribution in [1.29, 1.82) is 0 Å². The maximum atomic E-state index is 10.4. The maximum absolute atomic E-state index is 10.4. The summed E-state index contributed by atoms with van der Waals surface area (Å²) >= 11 is 0. The number of oxime groups is 1. The van der Waals surface area contributed by atoms with Gasteiger partial charge in [-0.05, 0) is 31.8 Å². The molecule has 134 valence electrons. The molecule has 1 N–H and O–H groups in total. The van der Waals surface area contributed by atoms with Crippen molar-refractivity contribution in [2.45, 2.75) is 70.4 Å². The van der Waals surface area contributed by atoms with Crippen LogP contribution in [-0.2, 0) is 24.1 Å². The highest BCUT2D eigenvalue weighted by Gasteiger charge is 2.57. The Kier molecular flexibility index (Phi) is 4.94. The van der Waals surface area contributed by atoms with E-state index in [1.165, 1.54) is 5.57 Å². The van der Waals surface area contributed by atoms with E-state index in [1.807, 2.05) is 0 Å². The number of hydrogen-bond acceptors (Lipinski definition) is 6. The number of carboxylic acids is 1. The largest absolute Gasteiger partial charge is 0.479 e. The van der Waals surface area contributed by atoms with Crippen LogP contribution in [-0.4, -0.2) is 35.0 Å².